The molecule has 22 heavy (non-hydrogen) atoms. The standard InChI is InChI=1S/C16H13F3N2O/c17-16(18,19)11-8-6-10(7-9-11)14-13(20)15(22)21(14)12-4-2-1-3-5-12/h1-9,13-14H,20H2/t13-,14+/m1/s1. The fourth-order valence-corrected chi connectivity index (χ4v) is 2.61. The van der Waals surface area contributed by atoms with Crippen molar-refractivity contribution in [3.63, 3.8) is 0 Å². The second kappa shape index (κ2) is 5.14. The van der Waals surface area contributed by atoms with Gasteiger partial charge in [0, 0.05) is 5.69 Å². The lowest BCUT2D eigenvalue weighted by molar-refractivity contribution is -0.137. The average molecular weight is 306 g/mol. The molecule has 114 valence electrons. The first-order valence-corrected chi connectivity index (χ1v) is 6.70. The third kappa shape index (κ3) is 2.35. The molecule has 2 aromatic rings. The van der Waals surface area contributed by atoms with Crippen molar-refractivity contribution >= 4 is 11.6 Å². The maximum absolute atomic E-state index is 12.6. The summed E-state index contributed by atoms with van der Waals surface area (Å²) in [7, 11) is 0. The Kier molecular flexibility index (Phi) is 3.41. The highest BCUT2D eigenvalue weighted by Gasteiger charge is 2.46. The fourth-order valence-electron chi connectivity index (χ4n) is 2.61. The maximum Gasteiger partial charge on any atom is 0.416 e. The molecule has 1 aliphatic rings. The molecular weight excluding hydrogens is 293 g/mol. The van der Waals surface area contributed by atoms with Crippen molar-refractivity contribution < 1.29 is 18.0 Å². The summed E-state index contributed by atoms with van der Waals surface area (Å²) in [6.07, 6.45) is -4.38. The summed E-state index contributed by atoms with van der Waals surface area (Å²) in [6, 6.07) is 12.5. The van der Waals surface area contributed by atoms with Crippen molar-refractivity contribution in [2.75, 3.05) is 4.90 Å². The fraction of sp³-hybridized carbons (Fsp3) is 0.188. The van der Waals surface area contributed by atoms with E-state index < -0.39 is 23.8 Å². The number of β-lactam (4-membered cyclic amide) rings is 1. The molecule has 2 atom stereocenters. The van der Waals surface area contributed by atoms with Crippen molar-refractivity contribution in [2.24, 2.45) is 5.73 Å². The molecule has 1 aliphatic heterocycles. The number of halogens is 3. The van der Waals surface area contributed by atoms with Crippen LogP contribution in [0.4, 0.5) is 18.9 Å². The first-order valence-electron chi connectivity index (χ1n) is 6.70. The van der Waals surface area contributed by atoms with Gasteiger partial charge in [0.2, 0.25) is 5.91 Å². The van der Waals surface area contributed by atoms with Gasteiger partial charge in [-0.25, -0.2) is 0 Å². The summed E-state index contributed by atoms with van der Waals surface area (Å²) < 4.78 is 37.8. The van der Waals surface area contributed by atoms with E-state index in [1.165, 1.54) is 17.0 Å². The highest BCUT2D eigenvalue weighted by atomic mass is 19.4. The Morgan fingerprint density at radius 3 is 2.09 bits per heavy atom. The Balaban J connectivity index is 1.91. The molecule has 0 radical (unpaired) electrons. The number of hydrogen-bond acceptors (Lipinski definition) is 2. The largest absolute Gasteiger partial charge is 0.416 e. The number of anilines is 1. The van der Waals surface area contributed by atoms with E-state index in [2.05, 4.69) is 0 Å². The molecular formula is C16H13F3N2O. The second-order valence-electron chi connectivity index (χ2n) is 5.13. The number of nitrogens with two attached hydrogens (primary N) is 1. The summed E-state index contributed by atoms with van der Waals surface area (Å²) in [6.45, 7) is 0. The van der Waals surface area contributed by atoms with Crippen LogP contribution < -0.4 is 10.6 Å². The molecule has 0 aromatic heterocycles. The van der Waals surface area contributed by atoms with Gasteiger partial charge < -0.3 is 10.6 Å². The van der Waals surface area contributed by atoms with Gasteiger partial charge in [0.1, 0.15) is 6.04 Å². The third-order valence-electron chi connectivity index (χ3n) is 3.75. The van der Waals surface area contributed by atoms with Gasteiger partial charge in [0.05, 0.1) is 11.6 Å². The molecule has 0 bridgehead atoms. The van der Waals surface area contributed by atoms with Crippen LogP contribution in [-0.4, -0.2) is 11.9 Å². The summed E-state index contributed by atoms with van der Waals surface area (Å²) >= 11 is 0. The molecule has 1 heterocycles. The average Bonchev–Trinajstić information content (AvgIpc) is 2.51. The molecule has 1 amide bonds. The second-order valence-corrected chi connectivity index (χ2v) is 5.13. The number of nitrogens with zero attached hydrogens (tertiary/aromatic N) is 1. The van der Waals surface area contributed by atoms with Gasteiger partial charge in [-0.15, -0.1) is 0 Å². The van der Waals surface area contributed by atoms with Gasteiger partial charge in [-0.2, -0.15) is 13.2 Å². The lowest BCUT2D eigenvalue weighted by atomic mass is 9.88. The Bertz CT molecular complexity index is 683. The minimum atomic E-state index is -4.38. The Labute approximate surface area is 125 Å². The van der Waals surface area contributed by atoms with Crippen molar-refractivity contribution in [1.29, 1.82) is 0 Å². The molecule has 0 saturated carbocycles. The molecule has 0 spiro atoms. The lowest BCUT2D eigenvalue weighted by Gasteiger charge is -2.45. The summed E-state index contributed by atoms with van der Waals surface area (Å²) in [4.78, 5) is 13.5. The highest BCUT2D eigenvalue weighted by Crippen LogP contribution is 2.39. The van der Waals surface area contributed by atoms with Crippen molar-refractivity contribution in [2.45, 2.75) is 18.3 Å². The Morgan fingerprint density at radius 2 is 1.55 bits per heavy atom. The summed E-state index contributed by atoms with van der Waals surface area (Å²) in [5, 5.41) is 0. The van der Waals surface area contributed by atoms with Crippen molar-refractivity contribution in [3.05, 3.63) is 65.7 Å². The predicted octanol–water partition coefficient (Wildman–Crippen LogP) is 3.12. The number of carbonyl (C=O) groups excluding carboxylic acids is 1. The van der Waals surface area contributed by atoms with E-state index in [1.54, 1.807) is 24.3 Å². The van der Waals surface area contributed by atoms with Crippen LogP contribution in [0.5, 0.6) is 0 Å². The Hall–Kier alpha value is -2.34. The SMILES string of the molecule is N[C@H]1C(=O)N(c2ccccc2)[C@H]1c1ccc(C(F)(F)F)cc1. The van der Waals surface area contributed by atoms with Crippen LogP contribution in [0, 0.1) is 0 Å². The van der Waals surface area contributed by atoms with Crippen LogP contribution in [0.1, 0.15) is 17.2 Å². The number of rotatable bonds is 2. The molecule has 1 fully saturated rings. The van der Waals surface area contributed by atoms with E-state index in [4.69, 9.17) is 5.73 Å². The van der Waals surface area contributed by atoms with E-state index in [0.29, 0.717) is 11.3 Å². The number of alkyl halides is 3. The summed E-state index contributed by atoms with van der Waals surface area (Å²) in [5.74, 6) is -0.240. The van der Waals surface area contributed by atoms with Crippen LogP contribution in [-0.2, 0) is 11.0 Å². The van der Waals surface area contributed by atoms with Gasteiger partial charge in [0.15, 0.2) is 0 Å². The van der Waals surface area contributed by atoms with E-state index in [9.17, 15) is 18.0 Å². The third-order valence-corrected chi connectivity index (χ3v) is 3.75. The molecule has 0 aliphatic carbocycles. The van der Waals surface area contributed by atoms with Crippen molar-refractivity contribution in [3.8, 4) is 0 Å². The Morgan fingerprint density at radius 1 is 0.955 bits per heavy atom. The van der Waals surface area contributed by atoms with Gasteiger partial charge >= 0.3 is 6.18 Å². The van der Waals surface area contributed by atoms with Gasteiger partial charge in [-0.05, 0) is 29.8 Å². The first kappa shape index (κ1) is 14.6. The quantitative estimate of drug-likeness (QED) is 0.867. The van der Waals surface area contributed by atoms with Crippen molar-refractivity contribution in [1.82, 2.24) is 0 Å². The number of carbonyl (C=O) groups is 1. The minimum Gasteiger partial charge on any atom is -0.318 e. The van der Waals surface area contributed by atoms with E-state index in [1.807, 2.05) is 6.07 Å². The predicted molar refractivity (Wildman–Crippen MR) is 76.1 cm³/mol. The molecule has 3 rings (SSSR count). The topological polar surface area (TPSA) is 46.3 Å². The smallest absolute Gasteiger partial charge is 0.318 e. The zero-order chi connectivity index (χ0) is 15.9. The molecule has 6 heteroatoms. The zero-order valence-electron chi connectivity index (χ0n) is 11.4. The molecule has 2 aromatic carbocycles. The monoisotopic (exact) mass is 306 g/mol. The van der Waals surface area contributed by atoms with E-state index in [0.717, 1.165) is 12.1 Å². The van der Waals surface area contributed by atoms with Gasteiger partial charge in [0.25, 0.3) is 0 Å². The zero-order valence-corrected chi connectivity index (χ0v) is 11.4. The molecule has 0 unspecified atom stereocenters. The molecule has 1 saturated heterocycles. The van der Waals surface area contributed by atoms with Crippen LogP contribution >= 0.6 is 0 Å². The van der Waals surface area contributed by atoms with Gasteiger partial charge in [-0.1, -0.05) is 30.3 Å². The van der Waals surface area contributed by atoms with Crippen LogP contribution in [0.15, 0.2) is 54.6 Å². The van der Waals surface area contributed by atoms with Gasteiger partial charge in [-0.3, -0.25) is 4.79 Å². The number of benzene rings is 2. The highest BCUT2D eigenvalue weighted by molar-refractivity contribution is 6.05. The van der Waals surface area contributed by atoms with Crippen LogP contribution in [0.3, 0.4) is 0 Å². The molecule has 3 nitrogen and oxygen atoms in total. The first-order chi connectivity index (χ1) is 10.4. The molecule has 2 N–H and O–H groups in total. The lowest BCUT2D eigenvalue weighted by Crippen LogP contribution is -2.63. The van der Waals surface area contributed by atoms with Crippen LogP contribution in [0.2, 0.25) is 0 Å². The number of amides is 1. The minimum absolute atomic E-state index is 0.240. The maximum atomic E-state index is 12.6. The number of para-hydroxylation sites is 1. The van der Waals surface area contributed by atoms with Crippen LogP contribution in [0.25, 0.3) is 0 Å². The van der Waals surface area contributed by atoms with E-state index >= 15 is 0 Å². The van der Waals surface area contributed by atoms with E-state index in [-0.39, 0.29) is 5.91 Å². The number of hydrogen-bond donors (Lipinski definition) is 1. The summed E-state index contributed by atoms with van der Waals surface area (Å²) in [5.41, 5.74) is 6.38. The normalized spacial score (nSPS) is 21.6.